The van der Waals surface area contributed by atoms with Gasteiger partial charge >= 0.3 is 0 Å². The Bertz CT molecular complexity index is 249. The van der Waals surface area contributed by atoms with E-state index in [4.69, 9.17) is 4.74 Å². The monoisotopic (exact) mass is 227 g/mol. The summed E-state index contributed by atoms with van der Waals surface area (Å²) in [5.41, 5.74) is 0.182. The van der Waals surface area contributed by atoms with E-state index < -0.39 is 0 Å². The quantitative estimate of drug-likeness (QED) is 0.798. The number of ether oxygens (including phenoxy) is 1. The predicted octanol–water partition coefficient (Wildman–Crippen LogP) is 1.79. The van der Waals surface area contributed by atoms with Crippen LogP contribution in [-0.2, 0) is 4.74 Å². The molecule has 2 saturated heterocycles. The molecule has 2 heterocycles. The van der Waals surface area contributed by atoms with Gasteiger partial charge in [0.25, 0.3) is 0 Å². The molecular weight excluding hydrogens is 202 g/mol. The lowest BCUT2D eigenvalue weighted by atomic mass is 9.95. The molecule has 2 rings (SSSR count). The van der Waals surface area contributed by atoms with Gasteiger partial charge in [0, 0.05) is 11.6 Å². The molecule has 0 radical (unpaired) electrons. The van der Waals surface area contributed by atoms with Gasteiger partial charge in [-0.25, -0.2) is 0 Å². The fourth-order valence-electron chi connectivity index (χ4n) is 3.16. The minimum absolute atomic E-state index is 0.0552. The second kappa shape index (κ2) is 4.28. The van der Waals surface area contributed by atoms with Crippen molar-refractivity contribution in [3.63, 3.8) is 0 Å². The Morgan fingerprint density at radius 1 is 1.38 bits per heavy atom. The molecule has 0 saturated carbocycles. The predicted molar refractivity (Wildman–Crippen MR) is 64.5 cm³/mol. The highest BCUT2D eigenvalue weighted by Gasteiger charge is 2.49. The van der Waals surface area contributed by atoms with E-state index >= 15 is 0 Å². The standard InChI is InChI=1S/C13H25NO2/c1-12(2,3)16-10-13-6-4-8-14(13)11(9-15)5-7-13/h11,15H,4-10H2,1-3H3/t11-,13-/m0/s1. The molecule has 1 N–H and O–H groups in total. The maximum absolute atomic E-state index is 9.37. The van der Waals surface area contributed by atoms with E-state index in [-0.39, 0.29) is 11.1 Å². The van der Waals surface area contributed by atoms with Crippen LogP contribution in [0.15, 0.2) is 0 Å². The molecule has 0 unspecified atom stereocenters. The zero-order valence-electron chi connectivity index (χ0n) is 10.8. The maximum Gasteiger partial charge on any atom is 0.0657 e. The Balaban J connectivity index is 2.01. The molecule has 3 nitrogen and oxygen atoms in total. The maximum atomic E-state index is 9.37. The number of aliphatic hydroxyl groups is 1. The summed E-state index contributed by atoms with van der Waals surface area (Å²) in [6.45, 7) is 8.60. The number of hydrogen-bond acceptors (Lipinski definition) is 3. The topological polar surface area (TPSA) is 32.7 Å². The van der Waals surface area contributed by atoms with Crippen LogP contribution in [0, 0.1) is 0 Å². The number of nitrogens with zero attached hydrogens (tertiary/aromatic N) is 1. The average molecular weight is 227 g/mol. The van der Waals surface area contributed by atoms with E-state index in [1.54, 1.807) is 0 Å². The van der Waals surface area contributed by atoms with Gasteiger partial charge in [0.05, 0.1) is 18.8 Å². The van der Waals surface area contributed by atoms with Crippen molar-refractivity contribution in [2.24, 2.45) is 0 Å². The molecule has 3 heteroatoms. The van der Waals surface area contributed by atoms with Crippen LogP contribution in [0.1, 0.15) is 46.5 Å². The molecule has 2 aliphatic rings. The third-order valence-corrected chi connectivity index (χ3v) is 4.02. The molecule has 94 valence electrons. The Hall–Kier alpha value is -0.120. The van der Waals surface area contributed by atoms with Gasteiger partial charge in [0.15, 0.2) is 0 Å². The Kier molecular flexibility index (Phi) is 3.30. The summed E-state index contributed by atoms with van der Waals surface area (Å²) in [7, 11) is 0. The number of fused-ring (bicyclic) bond motifs is 1. The minimum atomic E-state index is -0.0552. The van der Waals surface area contributed by atoms with Gasteiger partial charge in [0.2, 0.25) is 0 Å². The molecule has 2 aliphatic heterocycles. The summed E-state index contributed by atoms with van der Waals surface area (Å²) in [5, 5.41) is 9.37. The van der Waals surface area contributed by atoms with Crippen LogP contribution < -0.4 is 0 Å². The number of hydrogen-bond donors (Lipinski definition) is 1. The van der Waals surface area contributed by atoms with E-state index in [0.717, 1.165) is 19.6 Å². The zero-order valence-corrected chi connectivity index (χ0v) is 10.8. The van der Waals surface area contributed by atoms with Crippen molar-refractivity contribution in [3.05, 3.63) is 0 Å². The van der Waals surface area contributed by atoms with Crippen molar-refractivity contribution < 1.29 is 9.84 Å². The van der Waals surface area contributed by atoms with Crippen molar-refractivity contribution >= 4 is 0 Å². The minimum Gasteiger partial charge on any atom is -0.395 e. The molecule has 16 heavy (non-hydrogen) atoms. The summed E-state index contributed by atoms with van der Waals surface area (Å²) in [4.78, 5) is 2.50. The molecule has 2 fully saturated rings. The highest BCUT2D eigenvalue weighted by molar-refractivity contribution is 5.04. The molecule has 0 spiro atoms. The summed E-state index contributed by atoms with van der Waals surface area (Å²) >= 11 is 0. The van der Waals surface area contributed by atoms with Gasteiger partial charge in [0.1, 0.15) is 0 Å². The lowest BCUT2D eigenvalue weighted by Gasteiger charge is -2.36. The first-order valence-electron chi connectivity index (χ1n) is 6.48. The van der Waals surface area contributed by atoms with Crippen molar-refractivity contribution in [3.8, 4) is 0 Å². The van der Waals surface area contributed by atoms with Crippen LogP contribution in [0.4, 0.5) is 0 Å². The molecule has 0 bridgehead atoms. The first-order valence-corrected chi connectivity index (χ1v) is 6.48. The highest BCUT2D eigenvalue weighted by Crippen LogP contribution is 2.42. The van der Waals surface area contributed by atoms with E-state index in [1.165, 1.54) is 19.3 Å². The lowest BCUT2D eigenvalue weighted by Crippen LogP contribution is -2.48. The van der Waals surface area contributed by atoms with Crippen LogP contribution in [-0.4, -0.2) is 46.9 Å². The van der Waals surface area contributed by atoms with E-state index in [0.29, 0.717) is 12.6 Å². The second-order valence-electron chi connectivity index (χ2n) is 6.30. The van der Waals surface area contributed by atoms with Crippen LogP contribution in [0.3, 0.4) is 0 Å². The molecule has 0 amide bonds. The van der Waals surface area contributed by atoms with E-state index in [2.05, 4.69) is 25.7 Å². The van der Waals surface area contributed by atoms with Gasteiger partial charge in [-0.05, 0) is 53.0 Å². The Morgan fingerprint density at radius 2 is 2.12 bits per heavy atom. The number of aliphatic hydroxyl groups excluding tert-OH is 1. The fraction of sp³-hybridized carbons (Fsp3) is 1.00. The van der Waals surface area contributed by atoms with E-state index in [9.17, 15) is 5.11 Å². The average Bonchev–Trinajstić information content (AvgIpc) is 2.71. The summed E-state index contributed by atoms with van der Waals surface area (Å²) in [5.74, 6) is 0. The molecule has 0 aromatic rings. The fourth-order valence-corrected chi connectivity index (χ4v) is 3.16. The van der Waals surface area contributed by atoms with Gasteiger partial charge in [-0.1, -0.05) is 0 Å². The van der Waals surface area contributed by atoms with Gasteiger partial charge in [-0.15, -0.1) is 0 Å². The number of rotatable bonds is 3. The second-order valence-corrected chi connectivity index (χ2v) is 6.30. The Morgan fingerprint density at radius 3 is 2.75 bits per heavy atom. The van der Waals surface area contributed by atoms with Crippen molar-refractivity contribution in [1.82, 2.24) is 4.90 Å². The lowest BCUT2D eigenvalue weighted by molar-refractivity contribution is -0.0588. The van der Waals surface area contributed by atoms with Crippen LogP contribution in [0.2, 0.25) is 0 Å². The first-order chi connectivity index (χ1) is 7.47. The summed E-state index contributed by atoms with van der Waals surface area (Å²) < 4.78 is 5.99. The zero-order chi connectivity index (χ0) is 11.8. The summed E-state index contributed by atoms with van der Waals surface area (Å²) in [6.07, 6.45) is 4.81. The van der Waals surface area contributed by atoms with Crippen LogP contribution in [0.5, 0.6) is 0 Å². The largest absolute Gasteiger partial charge is 0.395 e. The molecule has 0 aromatic heterocycles. The highest BCUT2D eigenvalue weighted by atomic mass is 16.5. The van der Waals surface area contributed by atoms with Crippen molar-refractivity contribution in [2.75, 3.05) is 19.8 Å². The molecule has 0 aliphatic carbocycles. The van der Waals surface area contributed by atoms with Crippen LogP contribution in [0.25, 0.3) is 0 Å². The summed E-state index contributed by atoms with van der Waals surface area (Å²) in [6, 6.07) is 0.381. The molecular formula is C13H25NO2. The molecule has 2 atom stereocenters. The van der Waals surface area contributed by atoms with Gasteiger partial charge in [-0.2, -0.15) is 0 Å². The normalized spacial score (nSPS) is 35.6. The van der Waals surface area contributed by atoms with Crippen molar-refractivity contribution in [2.45, 2.75) is 63.6 Å². The SMILES string of the molecule is CC(C)(C)OC[C@@]12CCCN1[C@H](CO)CC2. The van der Waals surface area contributed by atoms with Crippen LogP contribution >= 0.6 is 0 Å². The molecule has 0 aromatic carbocycles. The van der Waals surface area contributed by atoms with Gasteiger partial charge < -0.3 is 9.84 Å². The first kappa shape index (κ1) is 12.3. The third kappa shape index (κ3) is 2.27. The van der Waals surface area contributed by atoms with Crippen molar-refractivity contribution in [1.29, 1.82) is 0 Å². The van der Waals surface area contributed by atoms with Gasteiger partial charge in [-0.3, -0.25) is 4.90 Å². The smallest absolute Gasteiger partial charge is 0.0657 e. The third-order valence-electron chi connectivity index (χ3n) is 4.02. The van der Waals surface area contributed by atoms with E-state index in [1.807, 2.05) is 0 Å². The Labute approximate surface area is 98.8 Å².